The summed E-state index contributed by atoms with van der Waals surface area (Å²) in [6.07, 6.45) is 0.220. The predicted octanol–water partition coefficient (Wildman–Crippen LogP) is 4.23. The predicted molar refractivity (Wildman–Crippen MR) is 117 cm³/mol. The summed E-state index contributed by atoms with van der Waals surface area (Å²) in [5, 5.41) is 10.7. The third-order valence-corrected chi connectivity index (χ3v) is 6.66. The Balaban J connectivity index is 1.70. The molecule has 1 atom stereocenters. The second kappa shape index (κ2) is 8.33. The molecule has 0 spiro atoms. The lowest BCUT2D eigenvalue weighted by atomic mass is 9.85. The third-order valence-electron chi connectivity index (χ3n) is 5.50. The molecule has 1 fully saturated rings. The van der Waals surface area contributed by atoms with Crippen molar-refractivity contribution in [1.29, 1.82) is 5.26 Å². The van der Waals surface area contributed by atoms with Crippen molar-refractivity contribution in [2.45, 2.75) is 19.3 Å². The number of ether oxygens (including phenoxy) is 2. The van der Waals surface area contributed by atoms with Crippen molar-refractivity contribution >= 4 is 23.4 Å². The van der Waals surface area contributed by atoms with Gasteiger partial charge in [-0.25, -0.2) is 0 Å². The second-order valence-corrected chi connectivity index (χ2v) is 8.22. The minimum atomic E-state index is -0.350. The average Bonchev–Trinajstić information content (AvgIpc) is 2.78. The number of hydrogen-bond acceptors (Lipinski definition) is 6. The van der Waals surface area contributed by atoms with Crippen molar-refractivity contribution in [3.05, 3.63) is 64.2 Å². The van der Waals surface area contributed by atoms with Crippen LogP contribution in [0.25, 0.3) is 0 Å². The Bertz CT molecular complexity index is 1040. The zero-order valence-corrected chi connectivity index (χ0v) is 18.0. The van der Waals surface area contributed by atoms with E-state index < -0.39 is 0 Å². The molecule has 30 heavy (non-hydrogen) atoms. The fraction of sp³-hybridized carbons (Fsp3) is 0.304. The number of rotatable bonds is 4. The molecule has 0 aromatic heterocycles. The van der Waals surface area contributed by atoms with Gasteiger partial charge in [0.1, 0.15) is 0 Å². The van der Waals surface area contributed by atoms with Crippen molar-refractivity contribution in [3.63, 3.8) is 0 Å². The summed E-state index contributed by atoms with van der Waals surface area (Å²) in [5.74, 6) is 1.49. The fourth-order valence-electron chi connectivity index (χ4n) is 3.93. The Kier molecular flexibility index (Phi) is 5.60. The second-order valence-electron chi connectivity index (χ2n) is 7.28. The number of anilines is 1. The van der Waals surface area contributed by atoms with E-state index >= 15 is 0 Å². The van der Waals surface area contributed by atoms with Crippen LogP contribution in [0.4, 0.5) is 5.69 Å². The number of nitriles is 1. The lowest BCUT2D eigenvalue weighted by Gasteiger charge is -2.42. The van der Waals surface area contributed by atoms with Gasteiger partial charge in [-0.05, 0) is 25.1 Å². The molecular formula is C23H23N3O3S. The molecule has 2 aliphatic rings. The van der Waals surface area contributed by atoms with Gasteiger partial charge >= 0.3 is 0 Å². The molecular weight excluding hydrogens is 398 g/mol. The zero-order valence-electron chi connectivity index (χ0n) is 17.2. The smallest absolute Gasteiger partial charge is 0.229 e. The molecule has 1 unspecified atom stereocenters. The van der Waals surface area contributed by atoms with Gasteiger partial charge in [0.15, 0.2) is 11.5 Å². The van der Waals surface area contributed by atoms with Crippen LogP contribution in [0.3, 0.4) is 0 Å². The first-order valence-corrected chi connectivity index (χ1v) is 10.7. The Morgan fingerprint density at radius 1 is 1.13 bits per heavy atom. The first-order chi connectivity index (χ1) is 14.6. The van der Waals surface area contributed by atoms with Crippen molar-refractivity contribution < 1.29 is 14.3 Å². The lowest BCUT2D eigenvalue weighted by molar-refractivity contribution is -0.129. The summed E-state index contributed by atoms with van der Waals surface area (Å²) in [5.41, 5.74) is 3.67. The molecule has 2 aliphatic heterocycles. The lowest BCUT2D eigenvalue weighted by Crippen LogP contribution is -2.47. The van der Waals surface area contributed by atoms with E-state index in [-0.39, 0.29) is 18.2 Å². The molecule has 2 aromatic carbocycles. The van der Waals surface area contributed by atoms with Gasteiger partial charge in [0.25, 0.3) is 0 Å². The molecule has 2 aromatic rings. The van der Waals surface area contributed by atoms with E-state index in [4.69, 9.17) is 9.47 Å². The maximum atomic E-state index is 13.1. The van der Waals surface area contributed by atoms with E-state index in [1.165, 1.54) is 17.3 Å². The van der Waals surface area contributed by atoms with E-state index in [1.54, 1.807) is 19.1 Å². The molecule has 7 heteroatoms. The highest BCUT2D eigenvalue weighted by molar-refractivity contribution is 8.03. The number of nitrogens with zero attached hydrogens (tertiary/aromatic N) is 3. The number of hydrogen-bond donors (Lipinski definition) is 0. The first-order valence-electron chi connectivity index (χ1n) is 9.67. The monoisotopic (exact) mass is 421 g/mol. The van der Waals surface area contributed by atoms with Crippen molar-refractivity contribution in [2.24, 2.45) is 0 Å². The quantitative estimate of drug-likeness (QED) is 0.736. The van der Waals surface area contributed by atoms with Crippen LogP contribution in [0.1, 0.15) is 23.5 Å². The molecule has 6 nitrogen and oxygen atoms in total. The highest BCUT2D eigenvalue weighted by atomic mass is 32.2. The van der Waals surface area contributed by atoms with E-state index in [9.17, 15) is 10.1 Å². The Hall–Kier alpha value is -3.11. The van der Waals surface area contributed by atoms with Gasteiger partial charge in [-0.2, -0.15) is 5.26 Å². The van der Waals surface area contributed by atoms with Gasteiger partial charge < -0.3 is 14.4 Å². The number of fused-ring (bicyclic) bond motifs is 1. The van der Waals surface area contributed by atoms with Gasteiger partial charge in [-0.15, -0.1) is 0 Å². The Morgan fingerprint density at radius 2 is 1.90 bits per heavy atom. The van der Waals surface area contributed by atoms with E-state index in [1.807, 2.05) is 18.2 Å². The van der Waals surface area contributed by atoms with Gasteiger partial charge in [0, 0.05) is 23.6 Å². The van der Waals surface area contributed by atoms with Gasteiger partial charge in [0.05, 0.1) is 43.4 Å². The molecule has 0 radical (unpaired) electrons. The van der Waals surface area contributed by atoms with Crippen LogP contribution in [-0.2, 0) is 4.79 Å². The fourth-order valence-corrected chi connectivity index (χ4v) is 5.10. The number of carbonyl (C=O) groups is 1. The Labute approximate surface area is 180 Å². The molecule has 1 saturated heterocycles. The summed E-state index contributed by atoms with van der Waals surface area (Å²) in [6.45, 7) is 2.49. The summed E-state index contributed by atoms with van der Waals surface area (Å²) in [7, 11) is 3.15. The summed E-state index contributed by atoms with van der Waals surface area (Å²) >= 11 is 1.53. The number of carbonyl (C=O) groups excluding carboxylic acids is 1. The first kappa shape index (κ1) is 20.2. The summed E-state index contributed by atoms with van der Waals surface area (Å²) in [4.78, 5) is 17.0. The molecule has 2 heterocycles. The Morgan fingerprint density at radius 3 is 2.57 bits per heavy atom. The van der Waals surface area contributed by atoms with E-state index in [0.29, 0.717) is 29.6 Å². The topological polar surface area (TPSA) is 65.8 Å². The number of methoxy groups -OCH3 is 2. The maximum Gasteiger partial charge on any atom is 0.229 e. The van der Waals surface area contributed by atoms with Gasteiger partial charge in [-0.3, -0.25) is 9.69 Å². The van der Waals surface area contributed by atoms with Crippen LogP contribution < -0.4 is 14.4 Å². The summed E-state index contributed by atoms with van der Waals surface area (Å²) in [6, 6.07) is 16.2. The average molecular weight is 422 g/mol. The van der Waals surface area contributed by atoms with Crippen LogP contribution in [0.15, 0.2) is 53.1 Å². The van der Waals surface area contributed by atoms with Crippen molar-refractivity contribution in [3.8, 4) is 17.6 Å². The minimum absolute atomic E-state index is 0.00295. The minimum Gasteiger partial charge on any atom is -0.493 e. The number of allylic oxidation sites excluding steroid dienone is 1. The normalized spacial score (nSPS) is 18.7. The van der Waals surface area contributed by atoms with Gasteiger partial charge in [0.2, 0.25) is 5.91 Å². The largest absolute Gasteiger partial charge is 0.493 e. The molecule has 0 bridgehead atoms. The van der Waals surface area contributed by atoms with E-state index in [2.05, 4.69) is 42.2 Å². The highest BCUT2D eigenvalue weighted by Crippen LogP contribution is 2.47. The molecule has 1 amide bonds. The third kappa shape index (κ3) is 3.48. The zero-order chi connectivity index (χ0) is 21.3. The molecule has 4 rings (SSSR count). The molecule has 0 aliphatic carbocycles. The van der Waals surface area contributed by atoms with Crippen LogP contribution in [-0.4, -0.2) is 37.6 Å². The number of benzene rings is 2. The van der Waals surface area contributed by atoms with Crippen molar-refractivity contribution in [1.82, 2.24) is 4.90 Å². The summed E-state index contributed by atoms with van der Waals surface area (Å²) < 4.78 is 11.0. The number of aryl methyl sites for hydroxylation is 1. The number of para-hydroxylation sites is 1. The van der Waals surface area contributed by atoms with Gasteiger partial charge in [-0.1, -0.05) is 41.6 Å². The number of amides is 1. The molecule has 0 saturated carbocycles. The SMILES string of the molecule is COc1cccc(C2CC(=O)N3CN(c4ccc(C)cc4)CSC3=C2C#N)c1OC. The molecule has 0 N–H and O–H groups in total. The van der Waals surface area contributed by atoms with Crippen LogP contribution >= 0.6 is 11.8 Å². The maximum absolute atomic E-state index is 13.1. The van der Waals surface area contributed by atoms with Crippen molar-refractivity contribution in [2.75, 3.05) is 31.7 Å². The highest BCUT2D eigenvalue weighted by Gasteiger charge is 2.39. The molecule has 154 valence electrons. The van der Waals surface area contributed by atoms with Crippen LogP contribution in [0, 0.1) is 18.3 Å². The van der Waals surface area contributed by atoms with E-state index in [0.717, 1.165) is 16.3 Å². The van der Waals surface area contributed by atoms with Crippen LogP contribution in [0.2, 0.25) is 0 Å². The van der Waals surface area contributed by atoms with Crippen LogP contribution in [0.5, 0.6) is 11.5 Å². The standard InChI is InChI=1S/C23H23N3O3S/c1-15-7-9-16(10-8-15)25-13-26-21(27)11-18(19(12-24)23(26)30-14-25)17-5-4-6-20(28-2)22(17)29-3/h4-10,18H,11,13-14H2,1-3H3. The number of thioether (sulfide) groups is 1.